The summed E-state index contributed by atoms with van der Waals surface area (Å²) >= 11 is 0. The van der Waals surface area contributed by atoms with E-state index in [0.717, 1.165) is 32.1 Å². The molecule has 0 atom stereocenters. The number of hydrogen-bond donors (Lipinski definition) is 7. The van der Waals surface area contributed by atoms with Crippen molar-refractivity contribution in [3.63, 3.8) is 0 Å². The Hall–Kier alpha value is -6.12. The van der Waals surface area contributed by atoms with E-state index in [0.29, 0.717) is 11.4 Å². The first kappa shape index (κ1) is 30.3. The molecule has 1 amide bonds. The van der Waals surface area contributed by atoms with E-state index in [-0.39, 0.29) is 51.4 Å². The number of carboxylic acid groups (broad SMARTS) is 2. The number of aromatic nitrogens is 4. The molecule has 4 aromatic rings. The first-order valence-corrected chi connectivity index (χ1v) is 13.9. The van der Waals surface area contributed by atoms with Crippen molar-refractivity contribution < 1.29 is 34.8 Å². The van der Waals surface area contributed by atoms with Gasteiger partial charge in [-0.2, -0.15) is 5.11 Å². The molecule has 45 heavy (non-hydrogen) atoms. The standard InChI is InChI=1S/C30H28N8O7/c31-35-24(14-32-18-6-8-20(29(42)43)26(39)12-18)22-10-16(28(41)33-17-4-2-1-3-5-17)11-23(34-22)25-15-38(37-36-25)19-7-9-21(30(44)45)27(40)13-19/h6-15,17,31-32,39-40H,1-5H2,(H,33,41)(H,42,43)(H,44,45)/b24-14-,35-31?. The fraction of sp³-hybridized carbons (Fsp3) is 0.200. The van der Waals surface area contributed by atoms with Crippen LogP contribution in [-0.4, -0.2) is 64.3 Å². The number of hydrogen-bond acceptors (Lipinski definition) is 11. The van der Waals surface area contributed by atoms with E-state index in [9.17, 15) is 29.7 Å². The molecule has 2 aromatic carbocycles. The molecule has 15 heteroatoms. The summed E-state index contributed by atoms with van der Waals surface area (Å²) in [5, 5.41) is 56.1. The first-order valence-electron chi connectivity index (χ1n) is 13.9. The maximum atomic E-state index is 13.4. The lowest BCUT2D eigenvalue weighted by molar-refractivity contribution is 0.0682. The number of carbonyl (C=O) groups is 3. The lowest BCUT2D eigenvalue weighted by Gasteiger charge is -2.23. The van der Waals surface area contributed by atoms with Crippen LogP contribution in [0.1, 0.15) is 68.9 Å². The van der Waals surface area contributed by atoms with Crippen molar-refractivity contribution in [3.05, 3.63) is 83.3 Å². The van der Waals surface area contributed by atoms with E-state index in [2.05, 4.69) is 31.0 Å². The van der Waals surface area contributed by atoms with Crippen molar-refractivity contribution >= 4 is 29.2 Å². The van der Waals surface area contributed by atoms with Gasteiger partial charge < -0.3 is 31.1 Å². The predicted octanol–water partition coefficient (Wildman–Crippen LogP) is 4.64. The van der Waals surface area contributed by atoms with Crippen LogP contribution in [0.15, 0.2) is 66.0 Å². The Morgan fingerprint density at radius 1 is 0.911 bits per heavy atom. The van der Waals surface area contributed by atoms with Crippen molar-refractivity contribution in [2.45, 2.75) is 38.1 Å². The van der Waals surface area contributed by atoms with E-state index in [1.807, 2.05) is 0 Å². The fourth-order valence-electron chi connectivity index (χ4n) is 4.91. The average Bonchev–Trinajstić information content (AvgIpc) is 3.52. The van der Waals surface area contributed by atoms with Crippen LogP contribution in [0, 0.1) is 5.53 Å². The SMILES string of the molecule is N=N/C(=C\Nc1ccc(C(=O)O)c(O)c1)c1cc(C(=O)NC2CCCCC2)cc(-c2cn(-c3ccc(C(=O)O)c(O)c3)nn2)n1. The number of benzene rings is 2. The molecule has 0 saturated heterocycles. The minimum absolute atomic E-state index is 0.00643. The highest BCUT2D eigenvalue weighted by Crippen LogP contribution is 2.27. The van der Waals surface area contributed by atoms with Crippen LogP contribution in [-0.2, 0) is 0 Å². The molecule has 2 aromatic heterocycles. The lowest BCUT2D eigenvalue weighted by Crippen LogP contribution is -2.36. The molecule has 0 bridgehead atoms. The third-order valence-corrected chi connectivity index (χ3v) is 7.25. The number of anilines is 1. The first-order chi connectivity index (χ1) is 21.6. The van der Waals surface area contributed by atoms with Gasteiger partial charge in [0.05, 0.1) is 23.3 Å². The minimum Gasteiger partial charge on any atom is -0.507 e. The Balaban J connectivity index is 1.50. The van der Waals surface area contributed by atoms with E-state index >= 15 is 0 Å². The zero-order chi connectivity index (χ0) is 32.1. The molecule has 0 unspecified atom stereocenters. The number of phenols is 2. The molecule has 1 saturated carbocycles. The second-order valence-electron chi connectivity index (χ2n) is 10.3. The molecular formula is C30H28N8O7. The van der Waals surface area contributed by atoms with E-state index < -0.39 is 23.4 Å². The minimum atomic E-state index is -1.29. The van der Waals surface area contributed by atoms with Gasteiger partial charge in [-0.25, -0.2) is 24.8 Å². The Morgan fingerprint density at radius 3 is 2.24 bits per heavy atom. The van der Waals surface area contributed by atoms with Gasteiger partial charge in [-0.05, 0) is 49.2 Å². The number of amides is 1. The number of aromatic hydroxyl groups is 2. The zero-order valence-corrected chi connectivity index (χ0v) is 23.6. The van der Waals surface area contributed by atoms with Crippen molar-refractivity contribution in [1.29, 1.82) is 5.53 Å². The van der Waals surface area contributed by atoms with Crippen molar-refractivity contribution in [2.24, 2.45) is 5.11 Å². The van der Waals surface area contributed by atoms with Gasteiger partial charge in [-0.3, -0.25) is 4.79 Å². The molecule has 230 valence electrons. The summed E-state index contributed by atoms with van der Waals surface area (Å²) in [6, 6.07) is 10.8. The molecule has 1 aliphatic rings. The Labute approximate surface area is 255 Å². The molecule has 15 nitrogen and oxygen atoms in total. The predicted molar refractivity (Wildman–Crippen MR) is 159 cm³/mol. The molecule has 1 fully saturated rings. The van der Waals surface area contributed by atoms with Crippen LogP contribution >= 0.6 is 0 Å². The summed E-state index contributed by atoms with van der Waals surface area (Å²) in [6.45, 7) is 0. The lowest BCUT2D eigenvalue weighted by atomic mass is 9.95. The Kier molecular flexibility index (Phi) is 8.79. The van der Waals surface area contributed by atoms with Gasteiger partial charge in [-0.15, -0.1) is 5.10 Å². The second kappa shape index (κ2) is 13.0. The normalized spacial score (nSPS) is 13.6. The topological polar surface area (TPSA) is 236 Å². The summed E-state index contributed by atoms with van der Waals surface area (Å²) in [7, 11) is 0. The molecule has 0 aliphatic heterocycles. The van der Waals surface area contributed by atoms with Gasteiger partial charge in [0.25, 0.3) is 5.91 Å². The molecule has 0 spiro atoms. The van der Waals surface area contributed by atoms with Gasteiger partial charge in [-0.1, -0.05) is 24.5 Å². The molecular weight excluding hydrogens is 584 g/mol. The van der Waals surface area contributed by atoms with Crippen LogP contribution in [0.3, 0.4) is 0 Å². The summed E-state index contributed by atoms with van der Waals surface area (Å²) in [6.07, 6.45) is 7.68. The van der Waals surface area contributed by atoms with Crippen LogP contribution in [0.2, 0.25) is 0 Å². The van der Waals surface area contributed by atoms with Crippen molar-refractivity contribution in [1.82, 2.24) is 25.3 Å². The number of nitrogens with one attached hydrogen (secondary N) is 3. The average molecular weight is 613 g/mol. The monoisotopic (exact) mass is 612 g/mol. The number of aromatic carboxylic acids is 2. The fourth-order valence-corrected chi connectivity index (χ4v) is 4.91. The molecule has 7 N–H and O–H groups in total. The zero-order valence-electron chi connectivity index (χ0n) is 23.6. The van der Waals surface area contributed by atoms with Gasteiger partial charge in [0.15, 0.2) is 0 Å². The summed E-state index contributed by atoms with van der Waals surface area (Å²) in [5.41, 5.74) is 8.69. The third kappa shape index (κ3) is 6.93. The molecule has 0 radical (unpaired) electrons. The molecule has 2 heterocycles. The number of nitrogens with zero attached hydrogens (tertiary/aromatic N) is 5. The van der Waals surface area contributed by atoms with E-state index in [1.54, 1.807) is 0 Å². The quantitative estimate of drug-likeness (QED) is 0.122. The maximum absolute atomic E-state index is 13.4. The number of rotatable bonds is 10. The summed E-state index contributed by atoms with van der Waals surface area (Å²) in [5.74, 6) is -3.84. The Morgan fingerprint density at radius 2 is 1.60 bits per heavy atom. The number of pyridine rings is 1. The van der Waals surface area contributed by atoms with Crippen LogP contribution in [0.25, 0.3) is 22.8 Å². The summed E-state index contributed by atoms with van der Waals surface area (Å²) in [4.78, 5) is 40.4. The van der Waals surface area contributed by atoms with Crippen LogP contribution in [0.5, 0.6) is 11.5 Å². The smallest absolute Gasteiger partial charge is 0.339 e. The van der Waals surface area contributed by atoms with Crippen LogP contribution in [0.4, 0.5) is 5.69 Å². The third-order valence-electron chi connectivity index (χ3n) is 7.25. The highest BCUT2D eigenvalue weighted by Gasteiger charge is 2.20. The van der Waals surface area contributed by atoms with Gasteiger partial charge in [0.2, 0.25) is 0 Å². The largest absolute Gasteiger partial charge is 0.507 e. The number of carbonyl (C=O) groups excluding carboxylic acids is 1. The second-order valence-corrected chi connectivity index (χ2v) is 10.3. The van der Waals surface area contributed by atoms with Gasteiger partial charge in [0.1, 0.15) is 34.0 Å². The van der Waals surface area contributed by atoms with E-state index in [4.69, 9.17) is 10.6 Å². The Bertz CT molecular complexity index is 1830. The van der Waals surface area contributed by atoms with Gasteiger partial charge in [0, 0.05) is 35.6 Å². The van der Waals surface area contributed by atoms with E-state index in [1.165, 1.54) is 65.6 Å². The van der Waals surface area contributed by atoms with Crippen molar-refractivity contribution in [2.75, 3.05) is 5.32 Å². The van der Waals surface area contributed by atoms with Crippen molar-refractivity contribution in [3.8, 4) is 28.6 Å². The molecule has 5 rings (SSSR count). The highest BCUT2D eigenvalue weighted by molar-refractivity contribution is 5.96. The highest BCUT2D eigenvalue weighted by atomic mass is 16.4. The summed E-state index contributed by atoms with van der Waals surface area (Å²) < 4.78 is 1.30. The molecule has 1 aliphatic carbocycles. The number of carboxylic acids is 2. The van der Waals surface area contributed by atoms with Crippen LogP contribution < -0.4 is 10.6 Å². The van der Waals surface area contributed by atoms with Gasteiger partial charge >= 0.3 is 11.9 Å². The maximum Gasteiger partial charge on any atom is 0.339 e.